The zero-order chi connectivity index (χ0) is 21.5. The molecule has 1 unspecified atom stereocenters. The molecule has 154 valence electrons. The van der Waals surface area contributed by atoms with Gasteiger partial charge in [0.05, 0.1) is 6.04 Å². The number of aromatic nitrogens is 2. The topological polar surface area (TPSA) is 69.2 Å². The summed E-state index contributed by atoms with van der Waals surface area (Å²) < 4.78 is 0. The molecule has 2 N–H and O–H groups in total. The third-order valence-electron chi connectivity index (χ3n) is 5.87. The highest BCUT2D eigenvalue weighted by Gasteiger charge is 2.42. The largest absolute Gasteiger partial charge is 0.507 e. The van der Waals surface area contributed by atoms with Crippen LogP contribution in [0.25, 0.3) is 11.3 Å². The minimum Gasteiger partial charge on any atom is -0.507 e. The van der Waals surface area contributed by atoms with Crippen LogP contribution in [-0.4, -0.2) is 26.1 Å². The van der Waals surface area contributed by atoms with Crippen molar-refractivity contribution in [3.63, 3.8) is 0 Å². The summed E-state index contributed by atoms with van der Waals surface area (Å²) >= 11 is 0. The van der Waals surface area contributed by atoms with Crippen molar-refractivity contribution in [2.24, 2.45) is 0 Å². The zero-order valence-electron chi connectivity index (χ0n) is 17.5. The predicted molar refractivity (Wildman–Crippen MR) is 120 cm³/mol. The Morgan fingerprint density at radius 2 is 1.68 bits per heavy atom. The number of H-pyrrole nitrogens is 1. The van der Waals surface area contributed by atoms with Crippen LogP contribution in [-0.2, 0) is 6.54 Å². The number of carbonyl (C=O) groups is 1. The molecule has 1 aliphatic heterocycles. The molecule has 0 aliphatic carbocycles. The van der Waals surface area contributed by atoms with Crippen molar-refractivity contribution in [1.82, 2.24) is 15.1 Å². The third-order valence-corrected chi connectivity index (χ3v) is 5.87. The number of amides is 1. The highest BCUT2D eigenvalue weighted by molar-refractivity contribution is 6.00. The smallest absolute Gasteiger partial charge is 0.273 e. The lowest BCUT2D eigenvalue weighted by Gasteiger charge is -2.26. The van der Waals surface area contributed by atoms with Gasteiger partial charge in [0.15, 0.2) is 0 Å². The van der Waals surface area contributed by atoms with E-state index in [0.717, 1.165) is 27.8 Å². The minimum absolute atomic E-state index is 0.0877. The molecular weight excluding hydrogens is 386 g/mol. The molecule has 1 aromatic heterocycles. The Balaban J connectivity index is 1.69. The first kappa shape index (κ1) is 19.1. The molecule has 0 spiro atoms. The Kier molecular flexibility index (Phi) is 4.59. The van der Waals surface area contributed by atoms with Crippen LogP contribution >= 0.6 is 0 Å². The van der Waals surface area contributed by atoms with Gasteiger partial charge in [0.25, 0.3) is 5.91 Å². The van der Waals surface area contributed by atoms with Crippen LogP contribution < -0.4 is 0 Å². The molecule has 5 heteroatoms. The van der Waals surface area contributed by atoms with Gasteiger partial charge in [-0.3, -0.25) is 9.89 Å². The molecule has 0 saturated carbocycles. The van der Waals surface area contributed by atoms with Gasteiger partial charge in [-0.1, -0.05) is 66.7 Å². The van der Waals surface area contributed by atoms with E-state index in [-0.39, 0.29) is 17.7 Å². The van der Waals surface area contributed by atoms with Crippen LogP contribution in [0.4, 0.5) is 0 Å². The summed E-state index contributed by atoms with van der Waals surface area (Å²) in [7, 11) is 0. The number of hydrogen-bond acceptors (Lipinski definition) is 3. The summed E-state index contributed by atoms with van der Waals surface area (Å²) in [4.78, 5) is 15.3. The van der Waals surface area contributed by atoms with Crippen molar-refractivity contribution < 1.29 is 9.90 Å². The highest BCUT2D eigenvalue weighted by Crippen LogP contribution is 2.45. The van der Waals surface area contributed by atoms with Crippen molar-refractivity contribution in [1.29, 1.82) is 0 Å². The van der Waals surface area contributed by atoms with Crippen LogP contribution in [0.3, 0.4) is 0 Å². The number of hydrogen-bond donors (Lipinski definition) is 2. The van der Waals surface area contributed by atoms with E-state index >= 15 is 0 Å². The standard InChI is InChI=1S/C26H23N3O2/c1-16-13-17(2)25(30)20(14-16)22-21-23(28-27-22)26(31)29(15-18-9-5-3-6-10-18)24(21)19-11-7-4-8-12-19/h3-14,24,30H,15H2,1-2H3,(H,27,28). The lowest BCUT2D eigenvalue weighted by Crippen LogP contribution is -2.29. The number of benzene rings is 3. The second-order valence-electron chi connectivity index (χ2n) is 8.07. The minimum atomic E-state index is -0.294. The molecule has 0 bridgehead atoms. The van der Waals surface area contributed by atoms with Crippen LogP contribution in [0.1, 0.15) is 44.3 Å². The number of aromatic hydroxyl groups is 1. The van der Waals surface area contributed by atoms with Crippen LogP contribution in [0.2, 0.25) is 0 Å². The fourth-order valence-electron chi connectivity index (χ4n) is 4.47. The maximum atomic E-state index is 13.4. The number of aromatic amines is 1. The SMILES string of the molecule is Cc1cc(C)c(O)c(-c2n[nH]c3c2C(c2ccccc2)N(Cc2ccccc2)C3=O)c1. The first-order valence-electron chi connectivity index (χ1n) is 10.3. The summed E-state index contributed by atoms with van der Waals surface area (Å²) in [5.74, 6) is 0.107. The number of phenolic OH excluding ortho intramolecular Hbond substituents is 1. The van der Waals surface area contributed by atoms with E-state index in [1.807, 2.05) is 91.5 Å². The molecule has 1 amide bonds. The molecule has 3 aromatic carbocycles. The van der Waals surface area contributed by atoms with E-state index in [2.05, 4.69) is 10.2 Å². The molecule has 5 rings (SSSR count). The van der Waals surface area contributed by atoms with E-state index in [1.165, 1.54) is 0 Å². The first-order chi connectivity index (χ1) is 15.0. The van der Waals surface area contributed by atoms with E-state index in [0.29, 0.717) is 23.5 Å². The maximum Gasteiger partial charge on any atom is 0.273 e. The summed E-state index contributed by atoms with van der Waals surface area (Å²) in [6.07, 6.45) is 0. The number of fused-ring (bicyclic) bond motifs is 1. The molecule has 1 atom stereocenters. The molecule has 0 radical (unpaired) electrons. The van der Waals surface area contributed by atoms with Crippen LogP contribution in [0.5, 0.6) is 5.75 Å². The molecular formula is C26H23N3O2. The highest BCUT2D eigenvalue weighted by atomic mass is 16.3. The van der Waals surface area contributed by atoms with Crippen LogP contribution in [0, 0.1) is 13.8 Å². The van der Waals surface area contributed by atoms with Crippen molar-refractivity contribution in [2.75, 3.05) is 0 Å². The second kappa shape index (κ2) is 7.43. The van der Waals surface area contributed by atoms with Crippen molar-refractivity contribution in [3.8, 4) is 17.0 Å². The van der Waals surface area contributed by atoms with Gasteiger partial charge in [0, 0.05) is 17.7 Å². The normalized spacial score (nSPS) is 15.4. The summed E-state index contributed by atoms with van der Waals surface area (Å²) in [5.41, 5.74) is 6.45. The van der Waals surface area contributed by atoms with Gasteiger partial charge in [0.2, 0.25) is 0 Å². The first-order valence-corrected chi connectivity index (χ1v) is 10.3. The zero-order valence-corrected chi connectivity index (χ0v) is 17.5. The Labute approximate surface area is 181 Å². The van der Waals surface area contributed by atoms with Crippen molar-refractivity contribution >= 4 is 5.91 Å². The summed E-state index contributed by atoms with van der Waals surface area (Å²) in [6, 6.07) is 23.5. The van der Waals surface area contributed by atoms with Gasteiger partial charge < -0.3 is 10.0 Å². The quantitative estimate of drug-likeness (QED) is 0.490. The van der Waals surface area contributed by atoms with E-state index in [9.17, 15) is 9.90 Å². The third kappa shape index (κ3) is 3.19. The predicted octanol–water partition coefficient (Wildman–Crippen LogP) is 5.14. The van der Waals surface area contributed by atoms with Gasteiger partial charge in [-0.15, -0.1) is 0 Å². The Bertz CT molecular complexity index is 1260. The van der Waals surface area contributed by atoms with Crippen molar-refractivity contribution in [3.05, 3.63) is 106 Å². The summed E-state index contributed by atoms with van der Waals surface area (Å²) in [5, 5.41) is 18.2. The van der Waals surface area contributed by atoms with E-state index in [4.69, 9.17) is 0 Å². The van der Waals surface area contributed by atoms with Gasteiger partial charge in [-0.25, -0.2) is 0 Å². The van der Waals surface area contributed by atoms with Gasteiger partial charge >= 0.3 is 0 Å². The fourth-order valence-corrected chi connectivity index (χ4v) is 4.47. The maximum absolute atomic E-state index is 13.4. The Hall–Kier alpha value is -3.86. The molecule has 4 aromatic rings. The Morgan fingerprint density at radius 3 is 2.39 bits per heavy atom. The number of carbonyl (C=O) groups excluding carboxylic acids is 1. The van der Waals surface area contributed by atoms with Gasteiger partial charge in [-0.2, -0.15) is 5.10 Å². The molecule has 31 heavy (non-hydrogen) atoms. The number of nitrogens with zero attached hydrogens (tertiary/aromatic N) is 2. The molecule has 2 heterocycles. The van der Waals surface area contributed by atoms with Crippen molar-refractivity contribution in [2.45, 2.75) is 26.4 Å². The molecule has 5 nitrogen and oxygen atoms in total. The number of phenols is 1. The average Bonchev–Trinajstić information content (AvgIpc) is 3.31. The van der Waals surface area contributed by atoms with Gasteiger partial charge in [0.1, 0.15) is 17.1 Å². The molecule has 1 aliphatic rings. The summed E-state index contributed by atoms with van der Waals surface area (Å²) in [6.45, 7) is 4.35. The second-order valence-corrected chi connectivity index (χ2v) is 8.07. The van der Waals surface area contributed by atoms with E-state index < -0.39 is 0 Å². The lowest BCUT2D eigenvalue weighted by atomic mass is 9.94. The fraction of sp³-hybridized carbons (Fsp3) is 0.154. The van der Waals surface area contributed by atoms with E-state index in [1.54, 1.807) is 0 Å². The van der Waals surface area contributed by atoms with Crippen LogP contribution in [0.15, 0.2) is 72.8 Å². The van der Waals surface area contributed by atoms with Gasteiger partial charge in [-0.05, 0) is 42.2 Å². The number of aryl methyl sites for hydroxylation is 2. The monoisotopic (exact) mass is 409 g/mol. The Morgan fingerprint density at radius 1 is 1.00 bits per heavy atom. The average molecular weight is 409 g/mol. The molecule has 0 fully saturated rings. The number of nitrogens with one attached hydrogen (secondary N) is 1. The lowest BCUT2D eigenvalue weighted by molar-refractivity contribution is 0.0730. The number of rotatable bonds is 4. The molecule has 0 saturated heterocycles.